The molecule has 1 saturated heterocycles. The first kappa shape index (κ1) is 14.8. The Kier molecular flexibility index (Phi) is 6.11. The zero-order valence-corrected chi connectivity index (χ0v) is 12.3. The normalized spacial score (nSPS) is 19.1. The van der Waals surface area contributed by atoms with Crippen molar-refractivity contribution in [3.63, 3.8) is 0 Å². The van der Waals surface area contributed by atoms with Crippen LogP contribution < -0.4 is 5.32 Å². The lowest BCUT2D eigenvalue weighted by Crippen LogP contribution is -2.30. The predicted molar refractivity (Wildman–Crippen MR) is 79.7 cm³/mol. The first-order chi connectivity index (χ1) is 9.29. The van der Waals surface area contributed by atoms with Gasteiger partial charge in [-0.2, -0.15) is 0 Å². The molecule has 0 aliphatic carbocycles. The highest BCUT2D eigenvalue weighted by atomic mass is 35.5. The van der Waals surface area contributed by atoms with Gasteiger partial charge >= 0.3 is 0 Å². The Bertz CT molecular complexity index is 378. The van der Waals surface area contributed by atoms with Crippen molar-refractivity contribution in [1.82, 2.24) is 10.2 Å². The third-order valence-electron chi connectivity index (χ3n) is 3.65. The van der Waals surface area contributed by atoms with Crippen LogP contribution in [0.25, 0.3) is 0 Å². The molecular weight excluding hydrogens is 260 g/mol. The van der Waals surface area contributed by atoms with Gasteiger partial charge in [-0.1, -0.05) is 23.7 Å². The van der Waals surface area contributed by atoms with Gasteiger partial charge in [0.2, 0.25) is 0 Å². The molecule has 1 heterocycles. The summed E-state index contributed by atoms with van der Waals surface area (Å²) in [6.45, 7) is 5.06. The molecule has 0 saturated carbocycles. The number of benzene rings is 1. The van der Waals surface area contributed by atoms with E-state index in [9.17, 15) is 0 Å². The number of nitrogens with one attached hydrogen (secondary N) is 1. The summed E-state index contributed by atoms with van der Waals surface area (Å²) in [5.41, 5.74) is 1.26. The van der Waals surface area contributed by atoms with E-state index in [1.807, 2.05) is 25.2 Å². The Morgan fingerprint density at radius 2 is 2.26 bits per heavy atom. The van der Waals surface area contributed by atoms with Gasteiger partial charge in [-0.3, -0.25) is 0 Å². The molecule has 1 aliphatic heterocycles. The van der Waals surface area contributed by atoms with E-state index in [2.05, 4.69) is 16.3 Å². The van der Waals surface area contributed by atoms with Gasteiger partial charge in [0, 0.05) is 37.3 Å². The van der Waals surface area contributed by atoms with E-state index in [1.165, 1.54) is 5.56 Å². The van der Waals surface area contributed by atoms with Crippen LogP contribution in [-0.2, 0) is 4.74 Å². The van der Waals surface area contributed by atoms with Gasteiger partial charge in [0.25, 0.3) is 0 Å². The average molecular weight is 283 g/mol. The lowest BCUT2D eigenvalue weighted by molar-refractivity contribution is 0.140. The summed E-state index contributed by atoms with van der Waals surface area (Å²) in [4.78, 5) is 2.49. The van der Waals surface area contributed by atoms with E-state index >= 15 is 0 Å². The zero-order valence-electron chi connectivity index (χ0n) is 11.6. The van der Waals surface area contributed by atoms with Gasteiger partial charge in [0.05, 0.1) is 6.61 Å². The SMILES string of the molecule is CNC(CCN1CCCOCC1)c1cccc(Cl)c1. The fourth-order valence-corrected chi connectivity index (χ4v) is 2.73. The monoisotopic (exact) mass is 282 g/mol. The van der Waals surface area contributed by atoms with Crippen LogP contribution in [0.3, 0.4) is 0 Å². The second-order valence-electron chi connectivity index (χ2n) is 4.99. The maximum Gasteiger partial charge on any atom is 0.0593 e. The van der Waals surface area contributed by atoms with Gasteiger partial charge in [-0.25, -0.2) is 0 Å². The summed E-state index contributed by atoms with van der Waals surface area (Å²) in [6.07, 6.45) is 2.23. The first-order valence-corrected chi connectivity index (χ1v) is 7.40. The van der Waals surface area contributed by atoms with E-state index in [0.29, 0.717) is 6.04 Å². The maximum atomic E-state index is 6.06. The molecule has 2 rings (SSSR count). The van der Waals surface area contributed by atoms with Crippen molar-refractivity contribution in [2.75, 3.05) is 39.9 Å². The highest BCUT2D eigenvalue weighted by Gasteiger charge is 2.13. The molecule has 0 bridgehead atoms. The number of nitrogens with zero attached hydrogens (tertiary/aromatic N) is 1. The molecule has 106 valence electrons. The molecule has 1 aliphatic rings. The Balaban J connectivity index is 1.88. The minimum absolute atomic E-state index is 0.364. The highest BCUT2D eigenvalue weighted by molar-refractivity contribution is 6.30. The van der Waals surface area contributed by atoms with Gasteiger partial charge in [-0.05, 0) is 37.6 Å². The molecule has 1 fully saturated rings. The largest absolute Gasteiger partial charge is 0.380 e. The molecule has 0 amide bonds. The molecule has 1 aromatic carbocycles. The second kappa shape index (κ2) is 7.85. The molecular formula is C15H23ClN2O. The predicted octanol–water partition coefficient (Wildman–Crippen LogP) is 2.71. The van der Waals surface area contributed by atoms with E-state index in [1.54, 1.807) is 0 Å². The van der Waals surface area contributed by atoms with Crippen LogP contribution in [-0.4, -0.2) is 44.8 Å². The molecule has 1 aromatic rings. The summed E-state index contributed by atoms with van der Waals surface area (Å²) in [6, 6.07) is 8.49. The van der Waals surface area contributed by atoms with Crippen molar-refractivity contribution in [1.29, 1.82) is 0 Å². The van der Waals surface area contributed by atoms with Crippen LogP contribution >= 0.6 is 11.6 Å². The molecule has 0 spiro atoms. The summed E-state index contributed by atoms with van der Waals surface area (Å²) < 4.78 is 5.48. The Labute approximate surface area is 120 Å². The number of halogens is 1. The third kappa shape index (κ3) is 4.77. The van der Waals surface area contributed by atoms with Crippen molar-refractivity contribution in [3.05, 3.63) is 34.9 Å². The quantitative estimate of drug-likeness (QED) is 0.899. The van der Waals surface area contributed by atoms with Crippen LogP contribution in [0.1, 0.15) is 24.4 Å². The molecule has 4 heteroatoms. The Morgan fingerprint density at radius 1 is 1.37 bits per heavy atom. The molecule has 19 heavy (non-hydrogen) atoms. The zero-order chi connectivity index (χ0) is 13.5. The maximum absolute atomic E-state index is 6.06. The van der Waals surface area contributed by atoms with Gasteiger partial charge in [-0.15, -0.1) is 0 Å². The smallest absolute Gasteiger partial charge is 0.0593 e. The Morgan fingerprint density at radius 3 is 3.05 bits per heavy atom. The van der Waals surface area contributed by atoms with Crippen molar-refractivity contribution in [2.24, 2.45) is 0 Å². The molecule has 0 radical (unpaired) electrons. The van der Waals surface area contributed by atoms with Crippen LogP contribution in [0.2, 0.25) is 5.02 Å². The first-order valence-electron chi connectivity index (χ1n) is 7.02. The average Bonchev–Trinajstić information content (AvgIpc) is 2.68. The van der Waals surface area contributed by atoms with Crippen LogP contribution in [0.15, 0.2) is 24.3 Å². The second-order valence-corrected chi connectivity index (χ2v) is 5.43. The summed E-state index contributed by atoms with van der Waals surface area (Å²) in [7, 11) is 2.01. The fourth-order valence-electron chi connectivity index (χ4n) is 2.53. The van der Waals surface area contributed by atoms with Crippen molar-refractivity contribution in [3.8, 4) is 0 Å². The molecule has 1 N–H and O–H groups in total. The van der Waals surface area contributed by atoms with Gasteiger partial charge in [0.15, 0.2) is 0 Å². The number of rotatable bonds is 5. The number of ether oxygens (including phenoxy) is 1. The molecule has 3 nitrogen and oxygen atoms in total. The molecule has 0 aromatic heterocycles. The van der Waals surface area contributed by atoms with Crippen molar-refractivity contribution in [2.45, 2.75) is 18.9 Å². The van der Waals surface area contributed by atoms with Crippen molar-refractivity contribution < 1.29 is 4.74 Å². The van der Waals surface area contributed by atoms with Gasteiger partial charge < -0.3 is 15.0 Å². The highest BCUT2D eigenvalue weighted by Crippen LogP contribution is 2.20. The minimum Gasteiger partial charge on any atom is -0.380 e. The lowest BCUT2D eigenvalue weighted by Gasteiger charge is -2.23. The minimum atomic E-state index is 0.364. The molecule has 1 unspecified atom stereocenters. The van der Waals surface area contributed by atoms with Crippen LogP contribution in [0, 0.1) is 0 Å². The summed E-state index contributed by atoms with van der Waals surface area (Å²) in [5, 5.41) is 4.19. The van der Waals surface area contributed by atoms with E-state index < -0.39 is 0 Å². The third-order valence-corrected chi connectivity index (χ3v) is 3.88. The van der Waals surface area contributed by atoms with Crippen LogP contribution in [0.4, 0.5) is 0 Å². The van der Waals surface area contributed by atoms with E-state index in [-0.39, 0.29) is 0 Å². The lowest BCUT2D eigenvalue weighted by atomic mass is 10.0. The van der Waals surface area contributed by atoms with Crippen LogP contribution in [0.5, 0.6) is 0 Å². The fraction of sp³-hybridized carbons (Fsp3) is 0.600. The van der Waals surface area contributed by atoms with Crippen molar-refractivity contribution >= 4 is 11.6 Å². The Hall–Kier alpha value is -0.610. The summed E-state index contributed by atoms with van der Waals surface area (Å²) in [5.74, 6) is 0. The van der Waals surface area contributed by atoms with Gasteiger partial charge in [0.1, 0.15) is 0 Å². The summed E-state index contributed by atoms with van der Waals surface area (Å²) >= 11 is 6.06. The number of hydrogen-bond acceptors (Lipinski definition) is 3. The van der Waals surface area contributed by atoms with E-state index in [0.717, 1.165) is 50.7 Å². The molecule has 1 atom stereocenters. The van der Waals surface area contributed by atoms with E-state index in [4.69, 9.17) is 16.3 Å². The number of hydrogen-bond donors (Lipinski definition) is 1. The topological polar surface area (TPSA) is 24.5 Å². The standard InChI is InChI=1S/C15H23ClN2O/c1-17-15(13-4-2-5-14(16)12-13)6-8-18-7-3-10-19-11-9-18/h2,4-5,12,15,17H,3,6-11H2,1H3.